The Hall–Kier alpha value is -3.09. The van der Waals surface area contributed by atoms with Crippen molar-refractivity contribution in [3.8, 4) is 0 Å². The lowest BCUT2D eigenvalue weighted by Gasteiger charge is -2.42. The number of nitrogens with one attached hydrogen (secondary N) is 1. The molecule has 1 aliphatic carbocycles. The van der Waals surface area contributed by atoms with E-state index in [1.807, 2.05) is 19.1 Å². The number of hydrogen-bond donors (Lipinski definition) is 2. The van der Waals surface area contributed by atoms with Gasteiger partial charge in [0.2, 0.25) is 5.91 Å². The van der Waals surface area contributed by atoms with Gasteiger partial charge in [-0.25, -0.2) is 9.78 Å². The molecule has 1 atom stereocenters. The average Bonchev–Trinajstić information content (AvgIpc) is 3.21. The molecule has 1 saturated carbocycles. The third-order valence-electron chi connectivity index (χ3n) is 5.67. The fourth-order valence-corrected chi connectivity index (χ4v) is 4.21. The van der Waals surface area contributed by atoms with E-state index in [9.17, 15) is 14.7 Å². The number of anilines is 4. The van der Waals surface area contributed by atoms with Crippen molar-refractivity contribution < 1.29 is 14.7 Å². The van der Waals surface area contributed by atoms with Crippen LogP contribution in [0.2, 0.25) is 0 Å². The Balaban J connectivity index is 1.70. The zero-order valence-corrected chi connectivity index (χ0v) is 16.1. The molecule has 7 heteroatoms. The summed E-state index contributed by atoms with van der Waals surface area (Å²) in [4.78, 5) is 32.6. The van der Waals surface area contributed by atoms with Gasteiger partial charge in [-0.1, -0.05) is 18.9 Å². The van der Waals surface area contributed by atoms with E-state index < -0.39 is 5.97 Å². The van der Waals surface area contributed by atoms with Gasteiger partial charge in [-0.3, -0.25) is 4.79 Å². The molecule has 0 unspecified atom stereocenters. The normalized spacial score (nSPS) is 19.6. The molecule has 2 aliphatic rings. The highest BCUT2D eigenvalue weighted by Gasteiger charge is 2.39. The van der Waals surface area contributed by atoms with E-state index in [-0.39, 0.29) is 17.5 Å². The lowest BCUT2D eigenvalue weighted by atomic mass is 10.1. The summed E-state index contributed by atoms with van der Waals surface area (Å²) in [5, 5.41) is 12.4. The molecule has 1 fully saturated rings. The van der Waals surface area contributed by atoms with Crippen LogP contribution >= 0.6 is 0 Å². The fourth-order valence-electron chi connectivity index (χ4n) is 4.21. The molecule has 0 saturated heterocycles. The lowest BCUT2D eigenvalue weighted by molar-refractivity contribution is -0.119. The van der Waals surface area contributed by atoms with E-state index in [1.54, 1.807) is 36.2 Å². The molecule has 146 valence electrons. The van der Waals surface area contributed by atoms with Gasteiger partial charge in [0.25, 0.3) is 0 Å². The van der Waals surface area contributed by atoms with Crippen molar-refractivity contribution in [3.05, 3.63) is 42.0 Å². The van der Waals surface area contributed by atoms with E-state index in [0.717, 1.165) is 24.3 Å². The van der Waals surface area contributed by atoms with Crippen molar-refractivity contribution >= 4 is 34.9 Å². The first kappa shape index (κ1) is 18.3. The largest absolute Gasteiger partial charge is 0.478 e. The number of nitrogens with zero attached hydrogens (tertiary/aromatic N) is 3. The van der Waals surface area contributed by atoms with Crippen LogP contribution in [0.5, 0.6) is 0 Å². The maximum Gasteiger partial charge on any atom is 0.335 e. The molecule has 2 heterocycles. The van der Waals surface area contributed by atoms with Crippen LogP contribution in [-0.4, -0.2) is 41.1 Å². The molecule has 0 bridgehead atoms. The summed E-state index contributed by atoms with van der Waals surface area (Å²) in [5.74, 6) is 0.541. The summed E-state index contributed by atoms with van der Waals surface area (Å²) in [6.45, 7) is 1.94. The van der Waals surface area contributed by atoms with Crippen molar-refractivity contribution in [2.24, 2.45) is 0 Å². The summed E-state index contributed by atoms with van der Waals surface area (Å²) >= 11 is 0. The topological polar surface area (TPSA) is 85.8 Å². The van der Waals surface area contributed by atoms with Gasteiger partial charge in [0.1, 0.15) is 11.9 Å². The number of pyridine rings is 1. The number of carboxylic acid groups (broad SMARTS) is 1. The maximum atomic E-state index is 12.7. The number of amides is 1. The number of hydrogen-bond acceptors (Lipinski definition) is 5. The Morgan fingerprint density at radius 2 is 1.96 bits per heavy atom. The van der Waals surface area contributed by atoms with Crippen molar-refractivity contribution in [1.82, 2.24) is 4.98 Å². The summed E-state index contributed by atoms with van der Waals surface area (Å²) < 4.78 is 0. The maximum absolute atomic E-state index is 12.7. The predicted octanol–water partition coefficient (Wildman–Crippen LogP) is 3.64. The van der Waals surface area contributed by atoms with Crippen LogP contribution in [0, 0.1) is 0 Å². The Morgan fingerprint density at radius 3 is 2.68 bits per heavy atom. The smallest absolute Gasteiger partial charge is 0.335 e. The molecule has 0 spiro atoms. The molecular formula is C21H24N4O3. The minimum atomic E-state index is -0.969. The molecule has 2 N–H and O–H groups in total. The minimum Gasteiger partial charge on any atom is -0.478 e. The molecule has 1 aromatic heterocycles. The second-order valence-corrected chi connectivity index (χ2v) is 7.47. The van der Waals surface area contributed by atoms with Crippen LogP contribution in [0.3, 0.4) is 0 Å². The minimum absolute atomic E-state index is 0.0797. The summed E-state index contributed by atoms with van der Waals surface area (Å²) in [7, 11) is 1.79. The Bertz CT molecular complexity index is 924. The third kappa shape index (κ3) is 3.17. The van der Waals surface area contributed by atoms with Crippen LogP contribution in [0.25, 0.3) is 0 Å². The van der Waals surface area contributed by atoms with Gasteiger partial charge < -0.3 is 20.2 Å². The third-order valence-corrected chi connectivity index (χ3v) is 5.67. The van der Waals surface area contributed by atoms with E-state index in [2.05, 4.69) is 10.2 Å². The van der Waals surface area contributed by atoms with Crippen molar-refractivity contribution in [1.29, 1.82) is 0 Å². The predicted molar refractivity (Wildman–Crippen MR) is 109 cm³/mol. The van der Waals surface area contributed by atoms with Crippen LogP contribution in [-0.2, 0) is 4.79 Å². The number of carbonyl (C=O) groups excluding carboxylic acids is 1. The Labute approximate surface area is 164 Å². The van der Waals surface area contributed by atoms with Crippen molar-refractivity contribution in [3.63, 3.8) is 0 Å². The average molecular weight is 380 g/mol. The second-order valence-electron chi connectivity index (χ2n) is 7.47. The molecule has 2 aromatic rings. The molecule has 28 heavy (non-hydrogen) atoms. The number of carbonyl (C=O) groups is 2. The number of aromatic carboxylic acids is 1. The zero-order chi connectivity index (χ0) is 19.8. The Morgan fingerprint density at radius 1 is 1.21 bits per heavy atom. The standard InChI is InChI=1S/C21H24N4O3/c1-13-20(26)24(2)17-10-11-18(22-15-7-5-6-14(12-15)21(27)28)23-19(17)25(13)16-8-3-4-9-16/h5-7,10-13,16H,3-4,8-9H2,1-2H3,(H,22,23)(H,27,28)/t13-/m1/s1. The van der Waals surface area contributed by atoms with Crippen molar-refractivity contribution in [2.45, 2.75) is 44.7 Å². The first-order valence-corrected chi connectivity index (χ1v) is 9.63. The fraction of sp³-hybridized carbons (Fsp3) is 0.381. The second kappa shape index (κ2) is 7.14. The van der Waals surface area contributed by atoms with E-state index in [0.29, 0.717) is 17.5 Å². The van der Waals surface area contributed by atoms with Gasteiger partial charge in [-0.05, 0) is 50.1 Å². The molecule has 4 rings (SSSR count). The van der Waals surface area contributed by atoms with Gasteiger partial charge in [0.05, 0.1) is 11.3 Å². The molecular weight excluding hydrogens is 356 g/mol. The summed E-state index contributed by atoms with van der Waals surface area (Å²) in [6.07, 6.45) is 4.49. The summed E-state index contributed by atoms with van der Waals surface area (Å²) in [5.41, 5.74) is 1.68. The Kier molecular flexibility index (Phi) is 4.66. The molecule has 7 nitrogen and oxygen atoms in total. The number of fused-ring (bicyclic) bond motifs is 1. The number of likely N-dealkylation sites (N-methyl/N-ethyl adjacent to an activating group) is 1. The van der Waals surface area contributed by atoms with Gasteiger partial charge in [0, 0.05) is 18.8 Å². The van der Waals surface area contributed by atoms with Crippen LogP contribution in [0.1, 0.15) is 43.0 Å². The highest BCUT2D eigenvalue weighted by atomic mass is 16.4. The van der Waals surface area contributed by atoms with Gasteiger partial charge in [-0.2, -0.15) is 0 Å². The highest BCUT2D eigenvalue weighted by Crippen LogP contribution is 2.39. The number of aromatic nitrogens is 1. The highest BCUT2D eigenvalue weighted by molar-refractivity contribution is 6.04. The number of benzene rings is 1. The van der Waals surface area contributed by atoms with E-state index in [4.69, 9.17) is 4.98 Å². The first-order valence-electron chi connectivity index (χ1n) is 9.63. The SMILES string of the molecule is C[C@@H]1C(=O)N(C)c2ccc(Nc3cccc(C(=O)O)c3)nc2N1C1CCCC1. The van der Waals surface area contributed by atoms with E-state index >= 15 is 0 Å². The molecule has 0 radical (unpaired) electrons. The lowest BCUT2D eigenvalue weighted by Crippen LogP contribution is -2.54. The van der Waals surface area contributed by atoms with Crippen molar-refractivity contribution in [2.75, 3.05) is 22.2 Å². The molecule has 1 aromatic carbocycles. The van der Waals surface area contributed by atoms with Gasteiger partial charge in [-0.15, -0.1) is 0 Å². The molecule has 1 amide bonds. The number of carboxylic acids is 1. The first-order chi connectivity index (χ1) is 13.5. The molecule has 1 aliphatic heterocycles. The van der Waals surface area contributed by atoms with E-state index in [1.165, 1.54) is 12.8 Å². The van der Waals surface area contributed by atoms with Gasteiger partial charge in [0.15, 0.2) is 5.82 Å². The van der Waals surface area contributed by atoms with Crippen LogP contribution < -0.4 is 15.1 Å². The monoisotopic (exact) mass is 380 g/mol. The quantitative estimate of drug-likeness (QED) is 0.842. The van der Waals surface area contributed by atoms with Crippen LogP contribution in [0.4, 0.5) is 23.0 Å². The van der Waals surface area contributed by atoms with Crippen LogP contribution in [0.15, 0.2) is 36.4 Å². The number of rotatable bonds is 4. The van der Waals surface area contributed by atoms with Gasteiger partial charge >= 0.3 is 5.97 Å². The summed E-state index contributed by atoms with van der Waals surface area (Å²) in [6, 6.07) is 10.4. The zero-order valence-electron chi connectivity index (χ0n) is 16.1.